The molecule has 23 heavy (non-hydrogen) atoms. The largest absolute Gasteiger partial charge is 0.394 e. The summed E-state index contributed by atoms with van der Waals surface area (Å²) < 4.78 is 2.12. The number of piperidine rings is 1. The molecule has 6 nitrogen and oxygen atoms in total. The molecule has 0 aliphatic carbocycles. The first-order chi connectivity index (χ1) is 11.2. The number of nitrogens with zero attached hydrogens (tertiary/aromatic N) is 3. The molecular formula is C17H24N4O2. The summed E-state index contributed by atoms with van der Waals surface area (Å²) >= 11 is 0. The Bertz CT molecular complexity index is 682. The van der Waals surface area contributed by atoms with Gasteiger partial charge in [0.15, 0.2) is 0 Å². The van der Waals surface area contributed by atoms with Gasteiger partial charge in [0.05, 0.1) is 30.2 Å². The number of benzene rings is 1. The Hall–Kier alpha value is -2.08. The van der Waals surface area contributed by atoms with Crippen LogP contribution < -0.4 is 5.32 Å². The van der Waals surface area contributed by atoms with E-state index in [1.807, 2.05) is 24.3 Å². The van der Waals surface area contributed by atoms with Gasteiger partial charge in [0.2, 0.25) is 0 Å². The number of aliphatic hydroxyl groups excluding tert-OH is 1. The van der Waals surface area contributed by atoms with Gasteiger partial charge in [-0.15, -0.1) is 0 Å². The predicted octanol–water partition coefficient (Wildman–Crippen LogP) is 2.11. The first kappa shape index (κ1) is 15.8. The van der Waals surface area contributed by atoms with Crippen LogP contribution in [0.4, 0.5) is 4.79 Å². The molecule has 1 aromatic heterocycles. The predicted molar refractivity (Wildman–Crippen MR) is 89.1 cm³/mol. The molecule has 1 aliphatic rings. The maximum Gasteiger partial charge on any atom is 0.318 e. The molecule has 0 saturated carbocycles. The first-order valence-electron chi connectivity index (χ1n) is 8.34. The van der Waals surface area contributed by atoms with E-state index in [0.717, 1.165) is 42.7 Å². The highest BCUT2D eigenvalue weighted by Gasteiger charge is 2.26. The van der Waals surface area contributed by atoms with Gasteiger partial charge in [-0.25, -0.2) is 9.78 Å². The molecule has 1 fully saturated rings. The van der Waals surface area contributed by atoms with Crippen LogP contribution in [0.5, 0.6) is 0 Å². The number of imidazole rings is 1. The second kappa shape index (κ2) is 7.00. The molecule has 124 valence electrons. The molecule has 1 aliphatic heterocycles. The van der Waals surface area contributed by atoms with E-state index in [2.05, 4.69) is 21.8 Å². The molecule has 2 aromatic rings. The second-order valence-corrected chi connectivity index (χ2v) is 5.95. The zero-order valence-corrected chi connectivity index (χ0v) is 13.5. The summed E-state index contributed by atoms with van der Waals surface area (Å²) in [6, 6.07) is 7.82. The summed E-state index contributed by atoms with van der Waals surface area (Å²) in [5.74, 6) is 0.861. The van der Waals surface area contributed by atoms with E-state index in [4.69, 9.17) is 0 Å². The summed E-state index contributed by atoms with van der Waals surface area (Å²) in [7, 11) is 0. The Kier molecular flexibility index (Phi) is 4.81. The number of aliphatic hydroxyl groups is 1. The van der Waals surface area contributed by atoms with Crippen LogP contribution >= 0.6 is 0 Å². The van der Waals surface area contributed by atoms with Crippen molar-refractivity contribution in [2.24, 2.45) is 0 Å². The van der Waals surface area contributed by atoms with Crippen molar-refractivity contribution >= 4 is 17.1 Å². The van der Waals surface area contributed by atoms with Gasteiger partial charge in [-0.3, -0.25) is 0 Å². The summed E-state index contributed by atoms with van der Waals surface area (Å²) in [6.45, 7) is 4.03. The highest BCUT2D eigenvalue weighted by atomic mass is 16.3. The fourth-order valence-electron chi connectivity index (χ4n) is 3.33. The van der Waals surface area contributed by atoms with Gasteiger partial charge >= 0.3 is 6.03 Å². The van der Waals surface area contributed by atoms with E-state index in [1.54, 1.807) is 4.90 Å². The van der Waals surface area contributed by atoms with Gasteiger partial charge in [0.1, 0.15) is 5.82 Å². The summed E-state index contributed by atoms with van der Waals surface area (Å²) in [6.07, 6.45) is 2.94. The summed E-state index contributed by atoms with van der Waals surface area (Å²) in [5, 5.41) is 12.4. The highest BCUT2D eigenvalue weighted by molar-refractivity contribution is 5.77. The number of hydrogen-bond donors (Lipinski definition) is 2. The van der Waals surface area contributed by atoms with Crippen LogP contribution in [0.25, 0.3) is 11.0 Å². The molecule has 1 aromatic carbocycles. The molecule has 1 saturated heterocycles. The molecule has 2 N–H and O–H groups in total. The van der Waals surface area contributed by atoms with Crippen LogP contribution in [0.2, 0.25) is 0 Å². The SMILES string of the molecule is CCn1c(CNC(=O)N2CCCC[C@H]2CO)nc2ccccc21. The van der Waals surface area contributed by atoms with E-state index in [9.17, 15) is 9.90 Å². The highest BCUT2D eigenvalue weighted by Crippen LogP contribution is 2.18. The Morgan fingerprint density at radius 3 is 3.00 bits per heavy atom. The number of aryl methyl sites for hydroxylation is 1. The molecule has 0 unspecified atom stereocenters. The van der Waals surface area contributed by atoms with Gasteiger partial charge in [0.25, 0.3) is 0 Å². The number of para-hydroxylation sites is 2. The number of carbonyl (C=O) groups excluding carboxylic acids is 1. The lowest BCUT2D eigenvalue weighted by atomic mass is 10.0. The minimum Gasteiger partial charge on any atom is -0.394 e. The average molecular weight is 316 g/mol. The monoisotopic (exact) mass is 316 g/mol. The number of urea groups is 1. The Morgan fingerprint density at radius 1 is 1.39 bits per heavy atom. The normalized spacial score (nSPS) is 18.3. The van der Waals surface area contributed by atoms with E-state index >= 15 is 0 Å². The zero-order valence-electron chi connectivity index (χ0n) is 13.5. The van der Waals surface area contributed by atoms with Gasteiger partial charge in [0, 0.05) is 13.1 Å². The number of hydrogen-bond acceptors (Lipinski definition) is 3. The van der Waals surface area contributed by atoms with Crippen molar-refractivity contribution < 1.29 is 9.90 Å². The number of likely N-dealkylation sites (tertiary alicyclic amines) is 1. The lowest BCUT2D eigenvalue weighted by Gasteiger charge is -2.34. The van der Waals surface area contributed by atoms with Gasteiger partial charge in [-0.05, 0) is 38.3 Å². The van der Waals surface area contributed by atoms with E-state index in [1.165, 1.54) is 0 Å². The maximum atomic E-state index is 12.4. The number of amides is 2. The molecule has 2 heterocycles. The van der Waals surface area contributed by atoms with Crippen LogP contribution in [0.1, 0.15) is 32.0 Å². The van der Waals surface area contributed by atoms with Crippen LogP contribution in [0.15, 0.2) is 24.3 Å². The number of rotatable bonds is 4. The number of aromatic nitrogens is 2. The van der Waals surface area contributed by atoms with E-state index in [0.29, 0.717) is 13.1 Å². The maximum absolute atomic E-state index is 12.4. The van der Waals surface area contributed by atoms with E-state index in [-0.39, 0.29) is 18.7 Å². The molecule has 0 spiro atoms. The minimum atomic E-state index is -0.113. The third kappa shape index (κ3) is 3.17. The third-order valence-electron chi connectivity index (χ3n) is 4.55. The second-order valence-electron chi connectivity index (χ2n) is 5.95. The smallest absolute Gasteiger partial charge is 0.318 e. The van der Waals surface area contributed by atoms with Crippen molar-refractivity contribution in [1.82, 2.24) is 19.8 Å². The molecule has 1 atom stereocenters. The van der Waals surface area contributed by atoms with Gasteiger partial charge in [-0.1, -0.05) is 12.1 Å². The van der Waals surface area contributed by atoms with Crippen molar-refractivity contribution in [3.63, 3.8) is 0 Å². The fraction of sp³-hybridized carbons (Fsp3) is 0.529. The van der Waals surface area contributed by atoms with Crippen molar-refractivity contribution in [2.75, 3.05) is 13.2 Å². The molecule has 2 amide bonds. The fourth-order valence-corrected chi connectivity index (χ4v) is 3.33. The zero-order chi connectivity index (χ0) is 16.2. The number of fused-ring (bicyclic) bond motifs is 1. The minimum absolute atomic E-state index is 0.0287. The molecule has 6 heteroatoms. The quantitative estimate of drug-likeness (QED) is 0.907. The molecule has 3 rings (SSSR count). The van der Waals surface area contributed by atoms with Crippen LogP contribution in [-0.2, 0) is 13.1 Å². The van der Waals surface area contributed by atoms with Crippen molar-refractivity contribution in [3.05, 3.63) is 30.1 Å². The topological polar surface area (TPSA) is 70.4 Å². The Morgan fingerprint density at radius 2 is 2.22 bits per heavy atom. The van der Waals surface area contributed by atoms with Gasteiger partial charge < -0.3 is 19.9 Å². The van der Waals surface area contributed by atoms with Crippen molar-refractivity contribution in [2.45, 2.75) is 45.3 Å². The number of carbonyl (C=O) groups is 1. The van der Waals surface area contributed by atoms with Crippen LogP contribution in [-0.4, -0.2) is 44.8 Å². The van der Waals surface area contributed by atoms with Crippen molar-refractivity contribution in [3.8, 4) is 0 Å². The lowest BCUT2D eigenvalue weighted by Crippen LogP contribution is -2.50. The summed E-state index contributed by atoms with van der Waals surface area (Å²) in [4.78, 5) is 18.8. The van der Waals surface area contributed by atoms with Crippen LogP contribution in [0, 0.1) is 0 Å². The van der Waals surface area contributed by atoms with Crippen molar-refractivity contribution in [1.29, 1.82) is 0 Å². The number of nitrogens with one attached hydrogen (secondary N) is 1. The third-order valence-corrected chi connectivity index (χ3v) is 4.55. The van der Waals surface area contributed by atoms with Gasteiger partial charge in [-0.2, -0.15) is 0 Å². The average Bonchev–Trinajstić information content (AvgIpc) is 2.97. The molecule has 0 bridgehead atoms. The standard InChI is InChI=1S/C17H24N4O2/c1-2-20-15-9-4-3-8-14(15)19-16(20)11-18-17(23)21-10-6-5-7-13(21)12-22/h3-4,8-9,13,22H,2,5-7,10-12H2,1H3,(H,18,23)/t13-/m0/s1. The van der Waals surface area contributed by atoms with E-state index < -0.39 is 0 Å². The Labute approximate surface area is 136 Å². The molecular weight excluding hydrogens is 292 g/mol. The Balaban J connectivity index is 1.71. The lowest BCUT2D eigenvalue weighted by molar-refractivity contribution is 0.108. The van der Waals surface area contributed by atoms with Crippen LogP contribution in [0.3, 0.4) is 0 Å². The molecule has 0 radical (unpaired) electrons. The summed E-state index contributed by atoms with van der Waals surface area (Å²) in [5.41, 5.74) is 2.04. The first-order valence-corrected chi connectivity index (χ1v) is 8.34.